The molecule has 2 unspecified atom stereocenters. The summed E-state index contributed by atoms with van der Waals surface area (Å²) in [5, 5.41) is 5.21. The lowest BCUT2D eigenvalue weighted by molar-refractivity contribution is -0.128. The molecule has 0 aromatic rings. The van der Waals surface area contributed by atoms with Crippen LogP contribution in [-0.4, -0.2) is 31.4 Å². The zero-order valence-corrected chi connectivity index (χ0v) is 12.9. The van der Waals surface area contributed by atoms with E-state index in [-0.39, 0.29) is 17.2 Å². The second-order valence-electron chi connectivity index (χ2n) is 6.08. The Balaban J connectivity index is 4.23. The normalized spacial score (nSPS) is 14.6. The minimum Gasteiger partial charge on any atom is -0.357 e. The largest absolute Gasteiger partial charge is 0.357 e. The molecular weight excluding hydrogens is 242 g/mol. The van der Waals surface area contributed by atoms with E-state index in [4.69, 9.17) is 5.73 Å². The number of hydrogen-bond donors (Lipinski definition) is 3. The van der Waals surface area contributed by atoms with Crippen molar-refractivity contribution in [1.29, 1.82) is 0 Å². The summed E-state index contributed by atoms with van der Waals surface area (Å²) in [7, 11) is 1.56. The van der Waals surface area contributed by atoms with Crippen molar-refractivity contribution in [2.45, 2.75) is 53.0 Å². The fourth-order valence-corrected chi connectivity index (χ4v) is 2.11. The Kier molecular flexibility index (Phi) is 7.68. The number of nitrogens with two attached hydrogens (primary N) is 1. The molecule has 0 aliphatic heterocycles. The van der Waals surface area contributed by atoms with Gasteiger partial charge in [-0.15, -0.1) is 0 Å². The molecule has 0 aromatic carbocycles. The third-order valence-electron chi connectivity index (χ3n) is 3.48. The predicted molar refractivity (Wildman–Crippen MR) is 77.5 cm³/mol. The Hall–Kier alpha value is -1.10. The van der Waals surface area contributed by atoms with E-state index in [1.54, 1.807) is 14.0 Å². The molecule has 19 heavy (non-hydrogen) atoms. The van der Waals surface area contributed by atoms with Crippen LogP contribution in [0.5, 0.6) is 0 Å². The van der Waals surface area contributed by atoms with E-state index >= 15 is 0 Å². The molecule has 0 fully saturated rings. The van der Waals surface area contributed by atoms with E-state index in [1.807, 2.05) is 0 Å². The van der Waals surface area contributed by atoms with Gasteiger partial charge in [-0.25, -0.2) is 0 Å². The molecule has 5 nitrogen and oxygen atoms in total. The van der Waals surface area contributed by atoms with Gasteiger partial charge in [0.15, 0.2) is 0 Å². The second-order valence-corrected chi connectivity index (χ2v) is 6.08. The van der Waals surface area contributed by atoms with Crippen LogP contribution in [0.4, 0.5) is 0 Å². The van der Waals surface area contributed by atoms with Crippen LogP contribution >= 0.6 is 0 Å². The molecule has 0 radical (unpaired) electrons. The maximum Gasteiger partial charge on any atom is 0.242 e. The molecule has 0 heterocycles. The summed E-state index contributed by atoms with van der Waals surface area (Å²) in [6.45, 7) is 8.81. The van der Waals surface area contributed by atoms with Crippen molar-refractivity contribution in [2.24, 2.45) is 17.1 Å². The van der Waals surface area contributed by atoms with Crippen LogP contribution in [0.15, 0.2) is 0 Å². The molecule has 5 heteroatoms. The van der Waals surface area contributed by atoms with E-state index < -0.39 is 6.04 Å². The predicted octanol–water partition coefficient (Wildman–Crippen LogP) is 1.03. The van der Waals surface area contributed by atoms with Crippen molar-refractivity contribution >= 4 is 11.8 Å². The fraction of sp³-hybridized carbons (Fsp3) is 0.857. The summed E-state index contributed by atoms with van der Waals surface area (Å²) in [6, 6.07) is -0.486. The SMILES string of the molecule is CNC(=O)C(C)NC(=O)CCC(CCN)C(C)(C)C. The third-order valence-corrected chi connectivity index (χ3v) is 3.48. The third kappa shape index (κ3) is 7.15. The lowest BCUT2D eigenvalue weighted by Gasteiger charge is -2.30. The Morgan fingerprint density at radius 2 is 1.79 bits per heavy atom. The summed E-state index contributed by atoms with van der Waals surface area (Å²) in [6.07, 6.45) is 2.15. The van der Waals surface area contributed by atoms with E-state index in [1.165, 1.54) is 0 Å². The van der Waals surface area contributed by atoms with Crippen LogP contribution in [0.3, 0.4) is 0 Å². The van der Waals surface area contributed by atoms with Crippen LogP contribution < -0.4 is 16.4 Å². The van der Waals surface area contributed by atoms with Crippen LogP contribution in [0.1, 0.15) is 47.0 Å². The van der Waals surface area contributed by atoms with Gasteiger partial charge in [0.25, 0.3) is 0 Å². The van der Waals surface area contributed by atoms with Gasteiger partial charge in [0.05, 0.1) is 0 Å². The van der Waals surface area contributed by atoms with Crippen molar-refractivity contribution < 1.29 is 9.59 Å². The average molecular weight is 271 g/mol. The molecule has 0 bridgehead atoms. The highest BCUT2D eigenvalue weighted by Crippen LogP contribution is 2.31. The highest BCUT2D eigenvalue weighted by atomic mass is 16.2. The number of nitrogens with one attached hydrogen (secondary N) is 2. The maximum absolute atomic E-state index is 11.8. The molecule has 112 valence electrons. The summed E-state index contributed by atoms with van der Waals surface area (Å²) < 4.78 is 0. The van der Waals surface area contributed by atoms with Crippen molar-refractivity contribution in [3.8, 4) is 0 Å². The van der Waals surface area contributed by atoms with Crippen molar-refractivity contribution in [3.05, 3.63) is 0 Å². The average Bonchev–Trinajstić information content (AvgIpc) is 2.31. The Labute approximate surface area is 116 Å². The van der Waals surface area contributed by atoms with Gasteiger partial charge in [-0.1, -0.05) is 20.8 Å². The minimum absolute atomic E-state index is 0.0811. The maximum atomic E-state index is 11.8. The molecule has 0 aliphatic carbocycles. The highest BCUT2D eigenvalue weighted by Gasteiger charge is 2.24. The molecule has 0 aromatic heterocycles. The topological polar surface area (TPSA) is 84.2 Å². The Morgan fingerprint density at radius 1 is 1.21 bits per heavy atom. The highest BCUT2D eigenvalue weighted by molar-refractivity contribution is 5.86. The number of rotatable bonds is 7. The fourth-order valence-electron chi connectivity index (χ4n) is 2.11. The number of hydrogen-bond acceptors (Lipinski definition) is 3. The van der Waals surface area contributed by atoms with Crippen LogP contribution in [-0.2, 0) is 9.59 Å². The molecule has 4 N–H and O–H groups in total. The van der Waals surface area contributed by atoms with Gasteiger partial charge >= 0.3 is 0 Å². The van der Waals surface area contributed by atoms with Gasteiger partial charge in [-0.3, -0.25) is 9.59 Å². The molecular formula is C14H29N3O2. The van der Waals surface area contributed by atoms with Gasteiger partial charge in [0, 0.05) is 13.5 Å². The summed E-state index contributed by atoms with van der Waals surface area (Å²) >= 11 is 0. The zero-order chi connectivity index (χ0) is 15.1. The first-order chi connectivity index (χ1) is 8.72. The number of carbonyl (C=O) groups excluding carboxylic acids is 2. The standard InChI is InChI=1S/C14H29N3O2/c1-10(13(19)16-5)17-12(18)7-6-11(8-9-15)14(2,3)4/h10-11H,6-9,15H2,1-5H3,(H,16,19)(H,17,18). The number of carbonyl (C=O) groups is 2. The van der Waals surface area contributed by atoms with Gasteiger partial charge in [-0.05, 0) is 37.6 Å². The minimum atomic E-state index is -0.486. The number of amides is 2. The van der Waals surface area contributed by atoms with Crippen LogP contribution in [0.25, 0.3) is 0 Å². The molecule has 0 saturated heterocycles. The first-order valence-electron chi connectivity index (χ1n) is 6.93. The summed E-state index contributed by atoms with van der Waals surface area (Å²) in [5.41, 5.74) is 5.76. The lowest BCUT2D eigenvalue weighted by atomic mass is 9.76. The van der Waals surface area contributed by atoms with Crippen LogP contribution in [0.2, 0.25) is 0 Å². The molecule has 2 amide bonds. The lowest BCUT2D eigenvalue weighted by Crippen LogP contribution is -2.43. The van der Waals surface area contributed by atoms with E-state index in [0.717, 1.165) is 12.8 Å². The van der Waals surface area contributed by atoms with Crippen molar-refractivity contribution in [2.75, 3.05) is 13.6 Å². The first kappa shape index (κ1) is 17.9. The molecule has 0 saturated carbocycles. The van der Waals surface area contributed by atoms with E-state index in [9.17, 15) is 9.59 Å². The van der Waals surface area contributed by atoms with Gasteiger partial charge in [0.2, 0.25) is 11.8 Å². The van der Waals surface area contributed by atoms with E-state index in [0.29, 0.717) is 18.9 Å². The van der Waals surface area contributed by atoms with Gasteiger partial charge < -0.3 is 16.4 Å². The zero-order valence-electron chi connectivity index (χ0n) is 12.9. The molecule has 0 aliphatic rings. The van der Waals surface area contributed by atoms with Crippen molar-refractivity contribution in [3.63, 3.8) is 0 Å². The van der Waals surface area contributed by atoms with Gasteiger partial charge in [-0.2, -0.15) is 0 Å². The smallest absolute Gasteiger partial charge is 0.242 e. The second kappa shape index (κ2) is 8.15. The molecule has 2 atom stereocenters. The Morgan fingerprint density at radius 3 is 2.21 bits per heavy atom. The molecule has 0 rings (SSSR count). The summed E-state index contributed by atoms with van der Waals surface area (Å²) in [5.74, 6) is 0.156. The quantitative estimate of drug-likeness (QED) is 0.646. The number of likely N-dealkylation sites (N-methyl/N-ethyl adjacent to an activating group) is 1. The van der Waals surface area contributed by atoms with Crippen molar-refractivity contribution in [1.82, 2.24) is 10.6 Å². The monoisotopic (exact) mass is 271 g/mol. The summed E-state index contributed by atoms with van der Waals surface area (Å²) in [4.78, 5) is 23.1. The molecule has 0 spiro atoms. The van der Waals surface area contributed by atoms with E-state index in [2.05, 4.69) is 31.4 Å². The van der Waals surface area contributed by atoms with Gasteiger partial charge in [0.1, 0.15) is 6.04 Å². The van der Waals surface area contributed by atoms with Crippen LogP contribution in [0, 0.1) is 11.3 Å². The Bertz CT molecular complexity index is 298. The first-order valence-corrected chi connectivity index (χ1v) is 6.93.